The van der Waals surface area contributed by atoms with Crippen LogP contribution in [0.15, 0.2) is 30.3 Å². The fraction of sp³-hybridized carbons (Fsp3) is 0.667. The zero-order valence-corrected chi connectivity index (χ0v) is 13.0. The molecule has 0 bridgehead atoms. The van der Waals surface area contributed by atoms with Gasteiger partial charge in [0.1, 0.15) is 0 Å². The Morgan fingerprint density at radius 1 is 1.24 bits per heavy atom. The first-order valence-corrected chi connectivity index (χ1v) is 8.39. The Hall–Kier alpha value is -0.900. The quantitative estimate of drug-likeness (QED) is 0.872. The molecule has 0 radical (unpaired) electrons. The number of hydrogen-bond acceptors (Lipinski definition) is 3. The maximum Gasteiger partial charge on any atom is 0.0582 e. The highest BCUT2D eigenvalue weighted by molar-refractivity contribution is 5.15. The van der Waals surface area contributed by atoms with Crippen molar-refractivity contribution in [1.82, 2.24) is 10.2 Å². The monoisotopic (exact) mass is 288 g/mol. The standard InChI is InChI=1S/C18H28N2O/c1-14(13-21)19-18-9-5-8-16-11-20(12-17(16)18)10-15-6-3-2-4-7-15/h2-4,6-7,14,16-19,21H,5,8-13H2,1H3. The number of nitrogens with zero attached hydrogens (tertiary/aromatic N) is 1. The number of likely N-dealkylation sites (tertiary alicyclic amines) is 1. The minimum atomic E-state index is 0.219. The van der Waals surface area contributed by atoms with Gasteiger partial charge in [0.2, 0.25) is 0 Å². The molecule has 4 atom stereocenters. The van der Waals surface area contributed by atoms with Gasteiger partial charge in [0.05, 0.1) is 6.61 Å². The summed E-state index contributed by atoms with van der Waals surface area (Å²) >= 11 is 0. The molecule has 1 aliphatic carbocycles. The maximum atomic E-state index is 9.28. The van der Waals surface area contributed by atoms with E-state index in [0.29, 0.717) is 6.04 Å². The van der Waals surface area contributed by atoms with Crippen molar-refractivity contribution in [2.24, 2.45) is 11.8 Å². The van der Waals surface area contributed by atoms with Crippen LogP contribution in [0.5, 0.6) is 0 Å². The van der Waals surface area contributed by atoms with E-state index in [1.165, 1.54) is 37.9 Å². The highest BCUT2D eigenvalue weighted by Crippen LogP contribution is 2.37. The van der Waals surface area contributed by atoms with Crippen LogP contribution in [0, 0.1) is 11.8 Å². The van der Waals surface area contributed by atoms with Crippen molar-refractivity contribution in [2.45, 2.75) is 44.8 Å². The van der Waals surface area contributed by atoms with Crippen LogP contribution >= 0.6 is 0 Å². The molecule has 1 saturated heterocycles. The van der Waals surface area contributed by atoms with Crippen LogP contribution in [-0.4, -0.2) is 41.8 Å². The number of benzene rings is 1. The van der Waals surface area contributed by atoms with Gasteiger partial charge < -0.3 is 10.4 Å². The second-order valence-corrected chi connectivity index (χ2v) is 6.89. The second-order valence-electron chi connectivity index (χ2n) is 6.89. The largest absolute Gasteiger partial charge is 0.395 e. The van der Waals surface area contributed by atoms with E-state index in [1.54, 1.807) is 0 Å². The van der Waals surface area contributed by atoms with E-state index in [9.17, 15) is 5.11 Å². The highest BCUT2D eigenvalue weighted by atomic mass is 16.3. The van der Waals surface area contributed by atoms with Gasteiger partial charge in [0, 0.05) is 31.7 Å². The van der Waals surface area contributed by atoms with Crippen LogP contribution in [0.3, 0.4) is 0 Å². The summed E-state index contributed by atoms with van der Waals surface area (Å²) in [6, 6.07) is 11.6. The lowest BCUT2D eigenvalue weighted by atomic mass is 9.78. The number of fused-ring (bicyclic) bond motifs is 1. The molecule has 0 amide bonds. The second kappa shape index (κ2) is 6.91. The topological polar surface area (TPSA) is 35.5 Å². The molecule has 1 aromatic rings. The van der Waals surface area contributed by atoms with Gasteiger partial charge in [-0.1, -0.05) is 36.8 Å². The number of aliphatic hydroxyl groups is 1. The number of nitrogens with one attached hydrogen (secondary N) is 1. The average molecular weight is 288 g/mol. The molecule has 116 valence electrons. The molecular weight excluding hydrogens is 260 g/mol. The van der Waals surface area contributed by atoms with E-state index in [1.807, 2.05) is 0 Å². The third-order valence-electron chi connectivity index (χ3n) is 5.20. The summed E-state index contributed by atoms with van der Waals surface area (Å²) < 4.78 is 0. The molecule has 4 unspecified atom stereocenters. The summed E-state index contributed by atoms with van der Waals surface area (Å²) in [6.07, 6.45) is 3.97. The Morgan fingerprint density at radius 3 is 2.81 bits per heavy atom. The first kappa shape index (κ1) is 15.0. The minimum absolute atomic E-state index is 0.219. The van der Waals surface area contributed by atoms with Gasteiger partial charge >= 0.3 is 0 Å². The molecule has 21 heavy (non-hydrogen) atoms. The maximum absolute atomic E-state index is 9.28. The predicted molar refractivity (Wildman–Crippen MR) is 86.0 cm³/mol. The molecule has 1 saturated carbocycles. The van der Waals surface area contributed by atoms with Crippen molar-refractivity contribution in [3.05, 3.63) is 35.9 Å². The van der Waals surface area contributed by atoms with Crippen LogP contribution in [0.1, 0.15) is 31.7 Å². The molecule has 1 aliphatic heterocycles. The van der Waals surface area contributed by atoms with Gasteiger partial charge in [-0.05, 0) is 37.2 Å². The summed E-state index contributed by atoms with van der Waals surface area (Å²) in [5.74, 6) is 1.60. The van der Waals surface area contributed by atoms with Crippen LogP contribution in [-0.2, 0) is 6.54 Å². The van der Waals surface area contributed by atoms with Gasteiger partial charge in [0.15, 0.2) is 0 Å². The molecule has 0 spiro atoms. The van der Waals surface area contributed by atoms with Crippen molar-refractivity contribution >= 4 is 0 Å². The third kappa shape index (κ3) is 3.65. The molecular formula is C18H28N2O. The molecule has 3 nitrogen and oxygen atoms in total. The van der Waals surface area contributed by atoms with Crippen molar-refractivity contribution in [3.8, 4) is 0 Å². The van der Waals surface area contributed by atoms with Gasteiger partial charge in [0.25, 0.3) is 0 Å². The highest BCUT2D eigenvalue weighted by Gasteiger charge is 2.40. The summed E-state index contributed by atoms with van der Waals surface area (Å²) in [5, 5.41) is 12.9. The van der Waals surface area contributed by atoms with Gasteiger partial charge in [-0.2, -0.15) is 0 Å². The van der Waals surface area contributed by atoms with E-state index in [-0.39, 0.29) is 12.6 Å². The van der Waals surface area contributed by atoms with E-state index in [0.717, 1.165) is 18.4 Å². The molecule has 2 fully saturated rings. The Morgan fingerprint density at radius 2 is 2.05 bits per heavy atom. The molecule has 2 N–H and O–H groups in total. The van der Waals surface area contributed by atoms with Gasteiger partial charge in [-0.25, -0.2) is 0 Å². The Kier molecular flexibility index (Phi) is 4.94. The number of hydrogen-bond donors (Lipinski definition) is 2. The van der Waals surface area contributed by atoms with E-state index in [2.05, 4.69) is 47.5 Å². The van der Waals surface area contributed by atoms with Gasteiger partial charge in [-0.3, -0.25) is 4.90 Å². The molecule has 1 heterocycles. The minimum Gasteiger partial charge on any atom is -0.395 e. The Balaban J connectivity index is 1.60. The lowest BCUT2D eigenvalue weighted by molar-refractivity contribution is 0.178. The molecule has 0 aromatic heterocycles. The lowest BCUT2D eigenvalue weighted by Crippen LogP contribution is -2.47. The molecule has 3 rings (SSSR count). The van der Waals surface area contributed by atoms with Crippen LogP contribution < -0.4 is 5.32 Å². The van der Waals surface area contributed by atoms with Crippen LogP contribution in [0.4, 0.5) is 0 Å². The lowest BCUT2D eigenvalue weighted by Gasteiger charge is -2.35. The van der Waals surface area contributed by atoms with Crippen LogP contribution in [0.25, 0.3) is 0 Å². The van der Waals surface area contributed by atoms with Gasteiger partial charge in [-0.15, -0.1) is 0 Å². The summed E-state index contributed by atoms with van der Waals surface area (Å²) in [4.78, 5) is 2.62. The Labute approximate surface area is 128 Å². The van der Waals surface area contributed by atoms with E-state index in [4.69, 9.17) is 0 Å². The van der Waals surface area contributed by atoms with Crippen LogP contribution in [0.2, 0.25) is 0 Å². The van der Waals surface area contributed by atoms with E-state index < -0.39 is 0 Å². The SMILES string of the molecule is CC(CO)NC1CCCC2CN(Cc3ccccc3)CC21. The van der Waals surface area contributed by atoms with Crippen molar-refractivity contribution in [2.75, 3.05) is 19.7 Å². The van der Waals surface area contributed by atoms with Crippen molar-refractivity contribution in [1.29, 1.82) is 0 Å². The first-order valence-electron chi connectivity index (χ1n) is 8.39. The fourth-order valence-electron chi connectivity index (χ4n) is 4.16. The zero-order valence-electron chi connectivity index (χ0n) is 13.0. The van der Waals surface area contributed by atoms with E-state index >= 15 is 0 Å². The summed E-state index contributed by atoms with van der Waals surface area (Å²) in [6.45, 7) is 5.85. The van der Waals surface area contributed by atoms with Crippen molar-refractivity contribution < 1.29 is 5.11 Å². The normalized spacial score (nSPS) is 31.0. The van der Waals surface area contributed by atoms with Crippen molar-refractivity contribution in [3.63, 3.8) is 0 Å². The predicted octanol–water partition coefficient (Wildman–Crippen LogP) is 2.26. The fourth-order valence-corrected chi connectivity index (χ4v) is 4.16. The first-order chi connectivity index (χ1) is 10.3. The number of aliphatic hydroxyl groups excluding tert-OH is 1. The number of rotatable bonds is 5. The molecule has 3 heteroatoms. The Bertz CT molecular complexity index is 436. The summed E-state index contributed by atoms with van der Waals surface area (Å²) in [7, 11) is 0. The zero-order chi connectivity index (χ0) is 14.7. The molecule has 1 aromatic carbocycles. The average Bonchev–Trinajstić information content (AvgIpc) is 2.91. The molecule has 2 aliphatic rings. The third-order valence-corrected chi connectivity index (χ3v) is 5.20. The smallest absolute Gasteiger partial charge is 0.0582 e. The summed E-state index contributed by atoms with van der Waals surface area (Å²) in [5.41, 5.74) is 1.42.